The number of carbonyl (C=O) groups excluding carboxylic acids is 2. The first kappa shape index (κ1) is 14.0. The third kappa shape index (κ3) is 3.22. The second-order valence-corrected chi connectivity index (χ2v) is 4.23. The second-order valence-electron chi connectivity index (χ2n) is 4.23. The van der Waals surface area contributed by atoms with E-state index in [1.165, 1.54) is 4.68 Å². The summed E-state index contributed by atoms with van der Waals surface area (Å²) in [5, 5.41) is 4.11. The van der Waals surface area contributed by atoms with Crippen LogP contribution in [0.25, 0.3) is 0 Å². The van der Waals surface area contributed by atoms with Crippen LogP contribution in [0.2, 0.25) is 0 Å². The van der Waals surface area contributed by atoms with E-state index >= 15 is 0 Å². The normalized spacial score (nSPS) is 12.2. The SMILES string of the molecule is Cc1nn(CC(=O)OCC(C)C(N)=O)c(C)c1N. The smallest absolute Gasteiger partial charge is 0.327 e. The van der Waals surface area contributed by atoms with E-state index in [0.29, 0.717) is 17.1 Å². The van der Waals surface area contributed by atoms with Gasteiger partial charge in [-0.2, -0.15) is 5.10 Å². The van der Waals surface area contributed by atoms with Crippen LogP contribution in [0.4, 0.5) is 5.69 Å². The highest BCUT2D eigenvalue weighted by atomic mass is 16.5. The molecule has 0 aromatic carbocycles. The lowest BCUT2D eigenvalue weighted by molar-refractivity contribution is -0.146. The number of ether oxygens (including phenoxy) is 1. The Kier molecular flexibility index (Phi) is 4.30. The molecule has 1 heterocycles. The van der Waals surface area contributed by atoms with E-state index in [2.05, 4.69) is 5.10 Å². The third-order valence-electron chi connectivity index (χ3n) is 2.70. The summed E-state index contributed by atoms with van der Waals surface area (Å²) >= 11 is 0. The number of hydrogen-bond donors (Lipinski definition) is 2. The monoisotopic (exact) mass is 254 g/mol. The minimum atomic E-state index is -0.502. The van der Waals surface area contributed by atoms with Crippen molar-refractivity contribution in [1.82, 2.24) is 9.78 Å². The number of hydrogen-bond acceptors (Lipinski definition) is 5. The Hall–Kier alpha value is -2.05. The van der Waals surface area contributed by atoms with Crippen molar-refractivity contribution in [2.45, 2.75) is 27.3 Å². The third-order valence-corrected chi connectivity index (χ3v) is 2.70. The van der Waals surface area contributed by atoms with Crippen LogP contribution in [0.1, 0.15) is 18.3 Å². The number of primary amides is 1. The first-order chi connectivity index (χ1) is 8.32. The number of nitrogens with zero attached hydrogens (tertiary/aromatic N) is 2. The van der Waals surface area contributed by atoms with Gasteiger partial charge < -0.3 is 16.2 Å². The van der Waals surface area contributed by atoms with Crippen molar-refractivity contribution in [3.63, 3.8) is 0 Å². The summed E-state index contributed by atoms with van der Waals surface area (Å²) in [5.74, 6) is -1.48. The number of aryl methyl sites for hydroxylation is 1. The molecule has 100 valence electrons. The largest absolute Gasteiger partial charge is 0.463 e. The molecule has 7 nitrogen and oxygen atoms in total. The first-order valence-electron chi connectivity index (χ1n) is 5.57. The van der Waals surface area contributed by atoms with Gasteiger partial charge in [0.05, 0.1) is 23.0 Å². The minimum Gasteiger partial charge on any atom is -0.463 e. The molecule has 1 atom stereocenters. The molecule has 0 saturated carbocycles. The molecule has 0 spiro atoms. The number of amides is 1. The Labute approximate surface area is 105 Å². The van der Waals surface area contributed by atoms with Crippen molar-refractivity contribution in [3.05, 3.63) is 11.4 Å². The molecule has 0 fully saturated rings. The van der Waals surface area contributed by atoms with Crippen LogP contribution < -0.4 is 11.5 Å². The number of esters is 1. The van der Waals surface area contributed by atoms with Gasteiger partial charge in [0.1, 0.15) is 13.2 Å². The zero-order chi connectivity index (χ0) is 13.9. The van der Waals surface area contributed by atoms with E-state index in [4.69, 9.17) is 16.2 Å². The Bertz CT molecular complexity index is 467. The van der Waals surface area contributed by atoms with Gasteiger partial charge in [-0.1, -0.05) is 6.92 Å². The maximum atomic E-state index is 11.5. The molecule has 1 aromatic rings. The van der Waals surface area contributed by atoms with Crippen molar-refractivity contribution in [2.75, 3.05) is 12.3 Å². The molecule has 0 saturated heterocycles. The molecule has 0 aliphatic heterocycles. The highest BCUT2D eigenvalue weighted by molar-refractivity contribution is 5.77. The molecule has 4 N–H and O–H groups in total. The van der Waals surface area contributed by atoms with Crippen molar-refractivity contribution >= 4 is 17.6 Å². The van der Waals surface area contributed by atoms with Crippen LogP contribution in [0.15, 0.2) is 0 Å². The van der Waals surface area contributed by atoms with Gasteiger partial charge in [-0.15, -0.1) is 0 Å². The molecule has 1 amide bonds. The van der Waals surface area contributed by atoms with Crippen LogP contribution in [0.3, 0.4) is 0 Å². The topological polar surface area (TPSA) is 113 Å². The summed E-state index contributed by atoms with van der Waals surface area (Å²) in [4.78, 5) is 22.3. The maximum Gasteiger partial charge on any atom is 0.327 e. The molecule has 1 unspecified atom stereocenters. The van der Waals surface area contributed by atoms with Crippen LogP contribution in [-0.4, -0.2) is 28.3 Å². The van der Waals surface area contributed by atoms with Crippen molar-refractivity contribution in [3.8, 4) is 0 Å². The van der Waals surface area contributed by atoms with Crippen molar-refractivity contribution in [1.29, 1.82) is 0 Å². The Morgan fingerprint density at radius 3 is 2.50 bits per heavy atom. The van der Waals surface area contributed by atoms with Gasteiger partial charge in [-0.3, -0.25) is 14.3 Å². The Balaban J connectivity index is 2.55. The molecule has 0 aliphatic rings. The highest BCUT2D eigenvalue weighted by Gasteiger charge is 2.15. The van der Waals surface area contributed by atoms with Gasteiger partial charge >= 0.3 is 5.97 Å². The van der Waals surface area contributed by atoms with Crippen molar-refractivity contribution in [2.24, 2.45) is 11.7 Å². The maximum absolute atomic E-state index is 11.5. The van der Waals surface area contributed by atoms with Gasteiger partial charge in [-0.25, -0.2) is 0 Å². The predicted molar refractivity (Wildman–Crippen MR) is 65.4 cm³/mol. The van der Waals surface area contributed by atoms with E-state index in [-0.39, 0.29) is 13.2 Å². The average Bonchev–Trinajstić information content (AvgIpc) is 2.54. The van der Waals surface area contributed by atoms with Gasteiger partial charge in [0.25, 0.3) is 0 Å². The zero-order valence-corrected chi connectivity index (χ0v) is 10.8. The average molecular weight is 254 g/mol. The molecular weight excluding hydrogens is 236 g/mol. The highest BCUT2D eigenvalue weighted by Crippen LogP contribution is 2.14. The number of rotatable bonds is 5. The molecule has 0 bridgehead atoms. The van der Waals surface area contributed by atoms with Gasteiger partial charge in [0.15, 0.2) is 0 Å². The lowest BCUT2D eigenvalue weighted by Gasteiger charge is -2.09. The fraction of sp³-hybridized carbons (Fsp3) is 0.545. The van der Waals surface area contributed by atoms with E-state index in [9.17, 15) is 9.59 Å². The fourth-order valence-electron chi connectivity index (χ4n) is 1.33. The molecule has 18 heavy (non-hydrogen) atoms. The lowest BCUT2D eigenvalue weighted by atomic mass is 10.2. The Morgan fingerprint density at radius 1 is 1.44 bits per heavy atom. The van der Waals surface area contributed by atoms with E-state index in [1.54, 1.807) is 20.8 Å². The standard InChI is InChI=1S/C11H18N4O3/c1-6(11(13)17)5-18-9(16)4-15-8(3)10(12)7(2)14-15/h6H,4-5,12H2,1-3H3,(H2,13,17). The number of carbonyl (C=O) groups is 2. The molecule has 0 radical (unpaired) electrons. The second kappa shape index (κ2) is 5.52. The molecular formula is C11H18N4O3. The Morgan fingerprint density at radius 2 is 2.06 bits per heavy atom. The first-order valence-corrected chi connectivity index (χ1v) is 5.57. The van der Waals surface area contributed by atoms with Crippen LogP contribution >= 0.6 is 0 Å². The van der Waals surface area contributed by atoms with Crippen LogP contribution in [0, 0.1) is 19.8 Å². The summed E-state index contributed by atoms with van der Waals surface area (Å²) in [6.45, 7) is 5.07. The quantitative estimate of drug-likeness (QED) is 0.703. The zero-order valence-electron chi connectivity index (χ0n) is 10.8. The molecule has 7 heteroatoms. The summed E-state index contributed by atoms with van der Waals surface area (Å²) in [7, 11) is 0. The summed E-state index contributed by atoms with van der Waals surface area (Å²) in [6, 6.07) is 0. The van der Waals surface area contributed by atoms with E-state index < -0.39 is 17.8 Å². The summed E-state index contributed by atoms with van der Waals surface area (Å²) in [6.07, 6.45) is 0. The van der Waals surface area contributed by atoms with Gasteiger partial charge in [0.2, 0.25) is 5.91 Å². The summed E-state index contributed by atoms with van der Waals surface area (Å²) in [5.41, 5.74) is 12.8. The van der Waals surface area contributed by atoms with Crippen LogP contribution in [0.5, 0.6) is 0 Å². The summed E-state index contributed by atoms with van der Waals surface area (Å²) < 4.78 is 6.41. The number of nitrogens with two attached hydrogens (primary N) is 2. The fourth-order valence-corrected chi connectivity index (χ4v) is 1.33. The van der Waals surface area contributed by atoms with E-state index in [1.807, 2.05) is 0 Å². The van der Waals surface area contributed by atoms with E-state index in [0.717, 1.165) is 0 Å². The minimum absolute atomic E-state index is 0.0249. The number of anilines is 1. The predicted octanol–water partition coefficient (Wildman–Crippen LogP) is -0.253. The van der Waals surface area contributed by atoms with Crippen LogP contribution in [-0.2, 0) is 20.9 Å². The molecule has 0 aliphatic carbocycles. The van der Waals surface area contributed by atoms with Crippen molar-refractivity contribution < 1.29 is 14.3 Å². The van der Waals surface area contributed by atoms with Gasteiger partial charge in [0, 0.05) is 0 Å². The number of aromatic nitrogens is 2. The van der Waals surface area contributed by atoms with Gasteiger partial charge in [-0.05, 0) is 13.8 Å². The number of nitrogen functional groups attached to an aromatic ring is 1. The lowest BCUT2D eigenvalue weighted by Crippen LogP contribution is -2.27. The molecule has 1 aromatic heterocycles. The molecule has 1 rings (SSSR count).